The van der Waals surface area contributed by atoms with Crippen molar-refractivity contribution in [2.24, 2.45) is 5.73 Å². The van der Waals surface area contributed by atoms with E-state index < -0.39 is 0 Å². The molecule has 84 valence electrons. The molecule has 0 spiro atoms. The van der Waals surface area contributed by atoms with Crippen LogP contribution in [0.25, 0.3) is 5.69 Å². The van der Waals surface area contributed by atoms with Gasteiger partial charge in [-0.15, -0.1) is 0 Å². The molecule has 0 saturated heterocycles. The zero-order valence-corrected chi connectivity index (χ0v) is 10.1. The normalized spacial score (nSPS) is 10.8. The van der Waals surface area contributed by atoms with Gasteiger partial charge < -0.3 is 5.73 Å². The van der Waals surface area contributed by atoms with Gasteiger partial charge >= 0.3 is 0 Å². The Morgan fingerprint density at radius 3 is 2.75 bits per heavy atom. The number of rotatable bonds is 2. The average Bonchev–Trinajstić information content (AvgIpc) is 2.64. The van der Waals surface area contributed by atoms with Gasteiger partial charge in [0, 0.05) is 22.8 Å². The molecule has 0 bridgehead atoms. The first-order chi connectivity index (χ1) is 7.65. The molecule has 1 aromatic carbocycles. The van der Waals surface area contributed by atoms with Crippen molar-refractivity contribution in [2.45, 2.75) is 20.4 Å². The first kappa shape index (κ1) is 11.2. The lowest BCUT2D eigenvalue weighted by Gasteiger charge is -2.09. The van der Waals surface area contributed by atoms with Crippen molar-refractivity contribution < 1.29 is 0 Å². The van der Waals surface area contributed by atoms with E-state index in [0.717, 1.165) is 27.5 Å². The van der Waals surface area contributed by atoms with Crippen LogP contribution in [0.15, 0.2) is 24.4 Å². The Labute approximate surface area is 99.8 Å². The van der Waals surface area contributed by atoms with E-state index in [-0.39, 0.29) is 0 Å². The number of benzene rings is 1. The molecule has 2 N–H and O–H groups in total. The molecule has 4 heteroatoms. The van der Waals surface area contributed by atoms with E-state index in [1.807, 2.05) is 36.7 Å². The van der Waals surface area contributed by atoms with Crippen molar-refractivity contribution in [1.29, 1.82) is 0 Å². The molecule has 3 nitrogen and oxygen atoms in total. The van der Waals surface area contributed by atoms with Crippen molar-refractivity contribution in [3.05, 3.63) is 46.2 Å². The highest BCUT2D eigenvalue weighted by Gasteiger charge is 2.09. The summed E-state index contributed by atoms with van der Waals surface area (Å²) < 4.78 is 1.88. The quantitative estimate of drug-likeness (QED) is 0.870. The van der Waals surface area contributed by atoms with E-state index in [1.54, 1.807) is 6.20 Å². The molecule has 16 heavy (non-hydrogen) atoms. The largest absolute Gasteiger partial charge is 0.326 e. The summed E-state index contributed by atoms with van der Waals surface area (Å²) in [5.74, 6) is 0. The van der Waals surface area contributed by atoms with Crippen LogP contribution in [-0.2, 0) is 6.54 Å². The summed E-state index contributed by atoms with van der Waals surface area (Å²) in [4.78, 5) is 0. The number of hydrogen-bond donors (Lipinski definition) is 1. The van der Waals surface area contributed by atoms with Gasteiger partial charge in [0.15, 0.2) is 0 Å². The molecular weight excluding hydrogens is 222 g/mol. The molecule has 2 aromatic rings. The van der Waals surface area contributed by atoms with Crippen LogP contribution < -0.4 is 5.73 Å². The summed E-state index contributed by atoms with van der Waals surface area (Å²) in [7, 11) is 0. The van der Waals surface area contributed by atoms with E-state index in [4.69, 9.17) is 17.3 Å². The Kier molecular flexibility index (Phi) is 2.99. The van der Waals surface area contributed by atoms with Gasteiger partial charge in [0.05, 0.1) is 11.9 Å². The molecule has 1 heterocycles. The summed E-state index contributed by atoms with van der Waals surface area (Å²) in [6.07, 6.45) is 1.80. The highest BCUT2D eigenvalue weighted by Crippen LogP contribution is 2.23. The van der Waals surface area contributed by atoms with Crippen molar-refractivity contribution in [2.75, 3.05) is 0 Å². The minimum atomic E-state index is 0.505. The number of nitrogens with two attached hydrogens (primary N) is 1. The Morgan fingerprint density at radius 1 is 1.38 bits per heavy atom. The standard InChI is InChI=1S/C12H14ClN3/c1-8-11(13)4-3-5-12(8)16-9(2)10(6-14)7-15-16/h3-5,7H,6,14H2,1-2H3. The molecule has 0 saturated carbocycles. The number of hydrogen-bond acceptors (Lipinski definition) is 2. The van der Waals surface area contributed by atoms with E-state index in [9.17, 15) is 0 Å². The number of aromatic nitrogens is 2. The third-order valence-corrected chi connectivity index (χ3v) is 3.21. The van der Waals surface area contributed by atoms with Crippen LogP contribution >= 0.6 is 11.6 Å². The molecule has 1 aromatic heterocycles. The minimum Gasteiger partial charge on any atom is -0.326 e. The summed E-state index contributed by atoms with van der Waals surface area (Å²) in [6, 6.07) is 5.80. The molecule has 2 rings (SSSR count). The van der Waals surface area contributed by atoms with Gasteiger partial charge in [-0.2, -0.15) is 5.10 Å². The number of halogens is 1. The first-order valence-corrected chi connectivity index (χ1v) is 5.52. The Bertz CT molecular complexity index is 517. The second-order valence-electron chi connectivity index (χ2n) is 3.76. The van der Waals surface area contributed by atoms with E-state index in [0.29, 0.717) is 6.54 Å². The van der Waals surface area contributed by atoms with E-state index >= 15 is 0 Å². The van der Waals surface area contributed by atoms with Gasteiger partial charge in [-0.1, -0.05) is 17.7 Å². The maximum absolute atomic E-state index is 6.09. The van der Waals surface area contributed by atoms with E-state index in [2.05, 4.69) is 5.10 Å². The molecule has 0 amide bonds. The van der Waals surface area contributed by atoms with Gasteiger partial charge in [-0.25, -0.2) is 4.68 Å². The summed E-state index contributed by atoms with van der Waals surface area (Å²) in [6.45, 7) is 4.50. The van der Waals surface area contributed by atoms with Crippen LogP contribution in [0.3, 0.4) is 0 Å². The minimum absolute atomic E-state index is 0.505. The zero-order valence-electron chi connectivity index (χ0n) is 9.37. The van der Waals surface area contributed by atoms with Crippen LogP contribution in [0.1, 0.15) is 16.8 Å². The van der Waals surface area contributed by atoms with Crippen molar-refractivity contribution in [3.8, 4) is 5.69 Å². The Balaban J connectivity index is 2.59. The monoisotopic (exact) mass is 235 g/mol. The fourth-order valence-corrected chi connectivity index (χ4v) is 1.88. The summed E-state index contributed by atoms with van der Waals surface area (Å²) >= 11 is 6.09. The van der Waals surface area contributed by atoms with Crippen LogP contribution in [0, 0.1) is 13.8 Å². The molecular formula is C12H14ClN3. The molecule has 0 fully saturated rings. The summed E-state index contributed by atoms with van der Waals surface area (Å²) in [5.41, 5.74) is 9.78. The third-order valence-electron chi connectivity index (χ3n) is 2.80. The maximum atomic E-state index is 6.09. The topological polar surface area (TPSA) is 43.8 Å². The lowest BCUT2D eigenvalue weighted by molar-refractivity contribution is 0.836. The second kappa shape index (κ2) is 4.28. The SMILES string of the molecule is Cc1c(Cl)cccc1-n1ncc(CN)c1C. The van der Waals surface area contributed by atoms with Gasteiger partial charge in [-0.3, -0.25) is 0 Å². The molecule has 0 atom stereocenters. The maximum Gasteiger partial charge on any atom is 0.0692 e. The van der Waals surface area contributed by atoms with Gasteiger partial charge in [-0.05, 0) is 31.5 Å². The van der Waals surface area contributed by atoms with Crippen LogP contribution in [0.5, 0.6) is 0 Å². The van der Waals surface area contributed by atoms with Crippen molar-refractivity contribution in [1.82, 2.24) is 9.78 Å². The predicted molar refractivity (Wildman–Crippen MR) is 65.9 cm³/mol. The molecule has 0 unspecified atom stereocenters. The van der Waals surface area contributed by atoms with Crippen LogP contribution in [-0.4, -0.2) is 9.78 Å². The predicted octanol–water partition coefficient (Wildman–Crippen LogP) is 2.60. The fraction of sp³-hybridized carbons (Fsp3) is 0.250. The molecule has 0 radical (unpaired) electrons. The Morgan fingerprint density at radius 2 is 2.12 bits per heavy atom. The fourth-order valence-electron chi connectivity index (χ4n) is 1.71. The second-order valence-corrected chi connectivity index (χ2v) is 4.16. The molecule has 0 aliphatic carbocycles. The lowest BCUT2D eigenvalue weighted by Crippen LogP contribution is -2.03. The third kappa shape index (κ3) is 1.72. The van der Waals surface area contributed by atoms with Crippen molar-refractivity contribution in [3.63, 3.8) is 0 Å². The van der Waals surface area contributed by atoms with E-state index in [1.165, 1.54) is 0 Å². The average molecular weight is 236 g/mol. The van der Waals surface area contributed by atoms with Gasteiger partial charge in [0.2, 0.25) is 0 Å². The summed E-state index contributed by atoms with van der Waals surface area (Å²) in [5, 5.41) is 5.09. The highest BCUT2D eigenvalue weighted by atomic mass is 35.5. The van der Waals surface area contributed by atoms with Crippen LogP contribution in [0.2, 0.25) is 5.02 Å². The lowest BCUT2D eigenvalue weighted by atomic mass is 10.2. The van der Waals surface area contributed by atoms with Crippen molar-refractivity contribution >= 4 is 11.6 Å². The van der Waals surface area contributed by atoms with Gasteiger partial charge in [0.1, 0.15) is 0 Å². The molecule has 0 aliphatic heterocycles. The Hall–Kier alpha value is -1.32. The van der Waals surface area contributed by atoms with Crippen LogP contribution in [0.4, 0.5) is 0 Å². The first-order valence-electron chi connectivity index (χ1n) is 5.14. The highest BCUT2D eigenvalue weighted by molar-refractivity contribution is 6.31. The zero-order chi connectivity index (χ0) is 11.7. The number of nitrogens with zero attached hydrogens (tertiary/aromatic N) is 2. The van der Waals surface area contributed by atoms with Gasteiger partial charge in [0.25, 0.3) is 0 Å². The smallest absolute Gasteiger partial charge is 0.0692 e. The molecule has 0 aliphatic rings.